The van der Waals surface area contributed by atoms with Crippen LogP contribution in [0.2, 0.25) is 0 Å². The molecule has 0 radical (unpaired) electrons. The molecule has 0 saturated heterocycles. The lowest BCUT2D eigenvalue weighted by Crippen LogP contribution is -2.38. The van der Waals surface area contributed by atoms with Crippen molar-refractivity contribution >= 4 is 5.91 Å². The van der Waals surface area contributed by atoms with Gasteiger partial charge in [0.15, 0.2) is 0 Å². The van der Waals surface area contributed by atoms with Gasteiger partial charge in [-0.1, -0.05) is 31.2 Å². The molecule has 4 rings (SSSR count). The molecule has 1 atom stereocenters. The van der Waals surface area contributed by atoms with Crippen molar-refractivity contribution in [1.29, 1.82) is 0 Å². The van der Waals surface area contributed by atoms with Crippen molar-refractivity contribution < 1.29 is 4.79 Å². The van der Waals surface area contributed by atoms with Gasteiger partial charge in [0.1, 0.15) is 0 Å². The second kappa shape index (κ2) is 6.39. The standard InChI is InChI=1S/C21H24N2O/c1-2-15-14-22-13-12-19(15)21(24)23(17-10-11-17)20-9-5-7-16-6-3-4-8-18(16)20/h3-4,6,8,12-14,17,20H,2,5,7,9-11H2,1H3. The van der Waals surface area contributed by atoms with Crippen LogP contribution in [0.15, 0.2) is 42.7 Å². The van der Waals surface area contributed by atoms with E-state index in [2.05, 4.69) is 41.1 Å². The molecule has 1 saturated carbocycles. The zero-order valence-electron chi connectivity index (χ0n) is 14.2. The highest BCUT2D eigenvalue weighted by atomic mass is 16.2. The molecule has 2 aliphatic carbocycles. The molecule has 124 valence electrons. The van der Waals surface area contributed by atoms with Crippen LogP contribution in [0.5, 0.6) is 0 Å². The van der Waals surface area contributed by atoms with E-state index in [1.807, 2.05) is 12.3 Å². The van der Waals surface area contributed by atoms with Crippen LogP contribution in [0.3, 0.4) is 0 Å². The van der Waals surface area contributed by atoms with Crippen LogP contribution in [-0.4, -0.2) is 21.8 Å². The van der Waals surface area contributed by atoms with Gasteiger partial charge in [-0.05, 0) is 61.3 Å². The van der Waals surface area contributed by atoms with Crippen LogP contribution in [0.1, 0.15) is 65.7 Å². The zero-order valence-corrected chi connectivity index (χ0v) is 14.2. The average molecular weight is 320 g/mol. The van der Waals surface area contributed by atoms with Gasteiger partial charge in [0, 0.05) is 24.0 Å². The van der Waals surface area contributed by atoms with E-state index in [1.165, 1.54) is 11.1 Å². The highest BCUT2D eigenvalue weighted by Gasteiger charge is 2.40. The van der Waals surface area contributed by atoms with Crippen LogP contribution < -0.4 is 0 Å². The lowest BCUT2D eigenvalue weighted by molar-refractivity contribution is 0.0636. The van der Waals surface area contributed by atoms with Crippen LogP contribution in [0, 0.1) is 0 Å². The zero-order chi connectivity index (χ0) is 16.5. The first-order chi connectivity index (χ1) is 11.8. The number of hydrogen-bond acceptors (Lipinski definition) is 2. The molecular formula is C21H24N2O. The predicted octanol–water partition coefficient (Wildman–Crippen LogP) is 4.33. The molecule has 1 amide bonds. The molecule has 0 N–H and O–H groups in total. The van der Waals surface area contributed by atoms with Gasteiger partial charge in [-0.2, -0.15) is 0 Å². The third-order valence-corrected chi connectivity index (χ3v) is 5.36. The van der Waals surface area contributed by atoms with Gasteiger partial charge < -0.3 is 4.90 Å². The van der Waals surface area contributed by atoms with Crippen LogP contribution >= 0.6 is 0 Å². The average Bonchev–Trinajstić information content (AvgIpc) is 3.47. The number of carbonyl (C=O) groups excluding carboxylic acids is 1. The molecule has 1 aromatic carbocycles. The number of pyridine rings is 1. The highest BCUT2D eigenvalue weighted by Crippen LogP contribution is 2.41. The number of aryl methyl sites for hydroxylation is 2. The Balaban J connectivity index is 1.72. The number of aromatic nitrogens is 1. The lowest BCUT2D eigenvalue weighted by atomic mass is 9.86. The maximum atomic E-state index is 13.4. The summed E-state index contributed by atoms with van der Waals surface area (Å²) in [5.41, 5.74) is 4.66. The van der Waals surface area contributed by atoms with E-state index in [0.29, 0.717) is 6.04 Å². The van der Waals surface area contributed by atoms with E-state index in [9.17, 15) is 4.79 Å². The van der Waals surface area contributed by atoms with Gasteiger partial charge in [-0.25, -0.2) is 0 Å². The first-order valence-corrected chi connectivity index (χ1v) is 9.13. The van der Waals surface area contributed by atoms with Crippen molar-refractivity contribution in [2.24, 2.45) is 0 Å². The quantitative estimate of drug-likeness (QED) is 0.840. The Kier molecular flexibility index (Phi) is 4.09. The summed E-state index contributed by atoms with van der Waals surface area (Å²) in [6.45, 7) is 2.09. The molecule has 24 heavy (non-hydrogen) atoms. The Labute approximate surface area is 143 Å². The number of amides is 1. The largest absolute Gasteiger partial charge is 0.329 e. The van der Waals surface area contributed by atoms with Crippen molar-refractivity contribution in [2.75, 3.05) is 0 Å². The van der Waals surface area contributed by atoms with Crippen molar-refractivity contribution in [3.05, 3.63) is 65.0 Å². The minimum absolute atomic E-state index is 0.193. The van der Waals surface area contributed by atoms with Gasteiger partial charge in [0.25, 0.3) is 5.91 Å². The Morgan fingerprint density at radius 3 is 2.83 bits per heavy atom. The Bertz CT molecular complexity index is 751. The first kappa shape index (κ1) is 15.4. The predicted molar refractivity (Wildman–Crippen MR) is 94.9 cm³/mol. The molecule has 1 aromatic heterocycles. The Hall–Kier alpha value is -2.16. The number of carbonyl (C=O) groups is 1. The van der Waals surface area contributed by atoms with Gasteiger partial charge >= 0.3 is 0 Å². The summed E-state index contributed by atoms with van der Waals surface area (Å²) >= 11 is 0. The fraction of sp³-hybridized carbons (Fsp3) is 0.429. The summed E-state index contributed by atoms with van der Waals surface area (Å²) in [6.07, 6.45) is 10.1. The summed E-state index contributed by atoms with van der Waals surface area (Å²) < 4.78 is 0. The number of rotatable bonds is 4. The van der Waals surface area contributed by atoms with Crippen LogP contribution in [-0.2, 0) is 12.8 Å². The monoisotopic (exact) mass is 320 g/mol. The topological polar surface area (TPSA) is 33.2 Å². The molecule has 1 heterocycles. The van der Waals surface area contributed by atoms with E-state index in [1.54, 1.807) is 6.20 Å². The fourth-order valence-electron chi connectivity index (χ4n) is 3.99. The minimum Gasteiger partial charge on any atom is -0.329 e. The first-order valence-electron chi connectivity index (χ1n) is 9.13. The Morgan fingerprint density at radius 1 is 1.21 bits per heavy atom. The third kappa shape index (κ3) is 2.72. The molecule has 0 spiro atoms. The smallest absolute Gasteiger partial charge is 0.255 e. The molecule has 2 aliphatic rings. The second-order valence-corrected chi connectivity index (χ2v) is 6.94. The van der Waals surface area contributed by atoms with Crippen molar-refractivity contribution in [1.82, 2.24) is 9.88 Å². The number of benzene rings is 1. The molecule has 3 nitrogen and oxygen atoms in total. The van der Waals surface area contributed by atoms with E-state index < -0.39 is 0 Å². The SMILES string of the molecule is CCc1cnccc1C(=O)N(C1CC1)C1CCCc2ccccc21. The van der Waals surface area contributed by atoms with Gasteiger partial charge in [0.05, 0.1) is 6.04 Å². The summed E-state index contributed by atoms with van der Waals surface area (Å²) in [6, 6.07) is 11.2. The number of nitrogens with zero attached hydrogens (tertiary/aromatic N) is 2. The van der Waals surface area contributed by atoms with E-state index in [4.69, 9.17) is 0 Å². The van der Waals surface area contributed by atoms with Crippen molar-refractivity contribution in [3.63, 3.8) is 0 Å². The number of fused-ring (bicyclic) bond motifs is 1. The van der Waals surface area contributed by atoms with Gasteiger partial charge in [-0.15, -0.1) is 0 Å². The maximum Gasteiger partial charge on any atom is 0.255 e. The third-order valence-electron chi connectivity index (χ3n) is 5.36. The van der Waals surface area contributed by atoms with E-state index in [0.717, 1.165) is 49.7 Å². The molecular weight excluding hydrogens is 296 g/mol. The highest BCUT2D eigenvalue weighted by molar-refractivity contribution is 5.96. The van der Waals surface area contributed by atoms with Crippen LogP contribution in [0.25, 0.3) is 0 Å². The van der Waals surface area contributed by atoms with Gasteiger partial charge in [-0.3, -0.25) is 9.78 Å². The molecule has 0 bridgehead atoms. The maximum absolute atomic E-state index is 13.4. The number of hydrogen-bond donors (Lipinski definition) is 0. The molecule has 0 aliphatic heterocycles. The molecule has 1 fully saturated rings. The summed E-state index contributed by atoms with van der Waals surface area (Å²) in [5, 5.41) is 0. The summed E-state index contributed by atoms with van der Waals surface area (Å²) in [7, 11) is 0. The molecule has 1 unspecified atom stereocenters. The van der Waals surface area contributed by atoms with Crippen molar-refractivity contribution in [2.45, 2.75) is 57.5 Å². The summed E-state index contributed by atoms with van der Waals surface area (Å²) in [4.78, 5) is 19.8. The molecule has 3 heteroatoms. The second-order valence-electron chi connectivity index (χ2n) is 6.94. The Morgan fingerprint density at radius 2 is 2.04 bits per heavy atom. The normalized spacial score (nSPS) is 19.6. The minimum atomic E-state index is 0.193. The molecule has 2 aromatic rings. The van der Waals surface area contributed by atoms with E-state index in [-0.39, 0.29) is 11.9 Å². The summed E-state index contributed by atoms with van der Waals surface area (Å²) in [5.74, 6) is 0.193. The fourth-order valence-corrected chi connectivity index (χ4v) is 3.99. The lowest BCUT2D eigenvalue weighted by Gasteiger charge is -2.36. The van der Waals surface area contributed by atoms with Crippen molar-refractivity contribution in [3.8, 4) is 0 Å². The van der Waals surface area contributed by atoms with Crippen LogP contribution in [0.4, 0.5) is 0 Å². The van der Waals surface area contributed by atoms with E-state index >= 15 is 0 Å². The van der Waals surface area contributed by atoms with Gasteiger partial charge in [0.2, 0.25) is 0 Å².